The van der Waals surface area contributed by atoms with Gasteiger partial charge in [0.05, 0.1) is 7.11 Å². The topological polar surface area (TPSA) is 62.1 Å². The highest BCUT2D eigenvalue weighted by atomic mass is 16.5. The van der Waals surface area contributed by atoms with Crippen LogP contribution in [-0.4, -0.2) is 41.8 Å². The molecule has 1 aliphatic heterocycles. The number of methoxy groups -OCH3 is 1. The summed E-state index contributed by atoms with van der Waals surface area (Å²) in [6.45, 7) is 6.11. The van der Waals surface area contributed by atoms with Gasteiger partial charge in [-0.25, -0.2) is 9.79 Å². The van der Waals surface area contributed by atoms with Gasteiger partial charge in [-0.3, -0.25) is 4.90 Å². The van der Waals surface area contributed by atoms with Crippen LogP contribution in [0, 0.1) is 5.41 Å². The van der Waals surface area contributed by atoms with Crippen molar-refractivity contribution in [3.05, 3.63) is 0 Å². The molecule has 80 valence electrons. The maximum absolute atomic E-state index is 10.9. The zero-order chi connectivity index (χ0) is 10.9. The Bertz CT molecular complexity index is 268. The van der Waals surface area contributed by atoms with Crippen LogP contribution in [-0.2, 0) is 4.74 Å². The molecule has 0 fully saturated rings. The first-order valence-electron chi connectivity index (χ1n) is 4.46. The molecule has 1 rings (SSSR count). The maximum Gasteiger partial charge on any atom is 0.409 e. The van der Waals surface area contributed by atoms with E-state index in [0.717, 1.165) is 0 Å². The van der Waals surface area contributed by atoms with Crippen molar-refractivity contribution < 1.29 is 14.6 Å². The molecule has 5 heteroatoms. The Morgan fingerprint density at radius 1 is 1.64 bits per heavy atom. The lowest BCUT2D eigenvalue weighted by Gasteiger charge is -2.30. The van der Waals surface area contributed by atoms with E-state index >= 15 is 0 Å². The second-order valence-corrected chi connectivity index (χ2v) is 4.38. The minimum absolute atomic E-state index is 0.210. The monoisotopic (exact) mass is 200 g/mol. The Morgan fingerprint density at radius 3 is 2.50 bits per heavy atom. The molecule has 0 aromatic carbocycles. The van der Waals surface area contributed by atoms with Crippen LogP contribution in [0.4, 0.5) is 4.79 Å². The molecule has 0 spiro atoms. The first kappa shape index (κ1) is 10.8. The quantitative estimate of drug-likeness (QED) is 0.642. The van der Waals surface area contributed by atoms with Crippen molar-refractivity contribution in [1.29, 1.82) is 0 Å². The molecule has 1 atom stereocenters. The Labute approximate surface area is 83.4 Å². The molecule has 0 saturated heterocycles. The predicted molar refractivity (Wildman–Crippen MR) is 52.4 cm³/mol. The molecule has 5 nitrogen and oxygen atoms in total. The number of carbonyl (C=O) groups is 1. The second kappa shape index (κ2) is 3.48. The fourth-order valence-corrected chi connectivity index (χ4v) is 1.43. The van der Waals surface area contributed by atoms with Crippen LogP contribution < -0.4 is 0 Å². The van der Waals surface area contributed by atoms with Gasteiger partial charge in [-0.05, 0) is 0 Å². The Morgan fingerprint density at radius 2 is 2.21 bits per heavy atom. The van der Waals surface area contributed by atoms with Crippen LogP contribution in [0.25, 0.3) is 0 Å². The average Bonchev–Trinajstić information content (AvgIpc) is 2.46. The van der Waals surface area contributed by atoms with E-state index in [0.29, 0.717) is 5.90 Å². The molecule has 1 N–H and O–H groups in total. The number of amides is 1. The summed E-state index contributed by atoms with van der Waals surface area (Å²) in [5, 5.41) is 8.96. The van der Waals surface area contributed by atoms with Crippen LogP contribution >= 0.6 is 0 Å². The van der Waals surface area contributed by atoms with Crippen molar-refractivity contribution in [2.45, 2.75) is 26.9 Å². The summed E-state index contributed by atoms with van der Waals surface area (Å²) in [5.41, 5.74) is -0.210. The summed E-state index contributed by atoms with van der Waals surface area (Å²) in [7, 11) is 1.50. The van der Waals surface area contributed by atoms with Gasteiger partial charge < -0.3 is 9.84 Å². The maximum atomic E-state index is 10.9. The van der Waals surface area contributed by atoms with E-state index in [4.69, 9.17) is 9.84 Å². The zero-order valence-electron chi connectivity index (χ0n) is 8.94. The van der Waals surface area contributed by atoms with E-state index in [1.54, 1.807) is 0 Å². The largest absolute Gasteiger partial charge is 0.483 e. The van der Waals surface area contributed by atoms with Gasteiger partial charge in [0.25, 0.3) is 0 Å². The van der Waals surface area contributed by atoms with E-state index in [1.807, 2.05) is 20.8 Å². The molecular weight excluding hydrogens is 184 g/mol. The van der Waals surface area contributed by atoms with Crippen LogP contribution in [0.1, 0.15) is 20.8 Å². The van der Waals surface area contributed by atoms with Gasteiger partial charge in [0.2, 0.25) is 5.90 Å². The number of nitrogens with zero attached hydrogens (tertiary/aromatic N) is 2. The van der Waals surface area contributed by atoms with E-state index < -0.39 is 6.09 Å². The number of hydrogen-bond donors (Lipinski definition) is 1. The Balaban J connectivity index is 2.88. The zero-order valence-corrected chi connectivity index (χ0v) is 8.94. The number of ether oxygens (including phenoxy) is 1. The second-order valence-electron chi connectivity index (χ2n) is 4.38. The minimum Gasteiger partial charge on any atom is -0.483 e. The number of aliphatic imine (C=N–C) groups is 1. The summed E-state index contributed by atoms with van der Waals surface area (Å²) in [6.07, 6.45) is -1.31. The van der Waals surface area contributed by atoms with Crippen LogP contribution in [0.3, 0.4) is 0 Å². The third-order valence-corrected chi connectivity index (χ3v) is 2.12. The fraction of sp³-hybridized carbons (Fsp3) is 0.778. The van der Waals surface area contributed by atoms with E-state index in [-0.39, 0.29) is 18.1 Å². The fourth-order valence-electron chi connectivity index (χ4n) is 1.43. The van der Waals surface area contributed by atoms with Crippen LogP contribution in [0.5, 0.6) is 0 Å². The van der Waals surface area contributed by atoms with Crippen molar-refractivity contribution in [3.8, 4) is 0 Å². The van der Waals surface area contributed by atoms with Crippen LogP contribution in [0.2, 0.25) is 0 Å². The van der Waals surface area contributed by atoms with E-state index in [9.17, 15) is 4.79 Å². The van der Waals surface area contributed by atoms with Crippen molar-refractivity contribution in [2.24, 2.45) is 10.4 Å². The molecule has 0 aliphatic carbocycles. The summed E-state index contributed by atoms with van der Waals surface area (Å²) < 4.78 is 4.96. The van der Waals surface area contributed by atoms with Crippen molar-refractivity contribution in [3.63, 3.8) is 0 Å². The standard InChI is InChI=1S/C9H16N2O3/c1-9(2,3)7-10-6(14-4)5-11(7)8(12)13/h7H,5H2,1-4H3,(H,12,13). The Kier molecular flexibility index (Phi) is 2.69. The van der Waals surface area contributed by atoms with Crippen molar-refractivity contribution in [2.75, 3.05) is 13.7 Å². The molecule has 0 aromatic rings. The van der Waals surface area contributed by atoms with Gasteiger partial charge in [0, 0.05) is 5.41 Å². The summed E-state index contributed by atoms with van der Waals surface area (Å²) >= 11 is 0. The highest BCUT2D eigenvalue weighted by Gasteiger charge is 2.38. The molecule has 0 saturated carbocycles. The first-order chi connectivity index (χ1) is 6.36. The lowest BCUT2D eigenvalue weighted by molar-refractivity contribution is 0.104. The Hall–Kier alpha value is -1.26. The number of hydrogen-bond acceptors (Lipinski definition) is 3. The highest BCUT2D eigenvalue weighted by Crippen LogP contribution is 2.28. The molecule has 1 unspecified atom stereocenters. The van der Waals surface area contributed by atoms with Gasteiger partial charge in [-0.15, -0.1) is 0 Å². The van der Waals surface area contributed by atoms with E-state index in [2.05, 4.69) is 4.99 Å². The van der Waals surface area contributed by atoms with Gasteiger partial charge in [0.1, 0.15) is 12.7 Å². The van der Waals surface area contributed by atoms with Crippen molar-refractivity contribution in [1.82, 2.24) is 4.90 Å². The lowest BCUT2D eigenvalue weighted by Crippen LogP contribution is -2.43. The lowest BCUT2D eigenvalue weighted by atomic mass is 9.92. The molecule has 0 aromatic heterocycles. The highest BCUT2D eigenvalue weighted by molar-refractivity contribution is 5.84. The molecule has 14 heavy (non-hydrogen) atoms. The molecule has 1 aliphatic rings. The summed E-state index contributed by atoms with van der Waals surface area (Å²) in [5.74, 6) is 0.479. The summed E-state index contributed by atoms with van der Waals surface area (Å²) in [6, 6.07) is 0. The van der Waals surface area contributed by atoms with E-state index in [1.165, 1.54) is 12.0 Å². The number of rotatable bonds is 0. The first-order valence-corrected chi connectivity index (χ1v) is 4.46. The predicted octanol–water partition coefficient (Wildman–Crippen LogP) is 1.40. The molecule has 1 amide bonds. The number of carboxylic acid groups (broad SMARTS) is 1. The van der Waals surface area contributed by atoms with Gasteiger partial charge in [-0.2, -0.15) is 0 Å². The van der Waals surface area contributed by atoms with Crippen LogP contribution in [0.15, 0.2) is 4.99 Å². The normalized spacial score (nSPS) is 22.1. The molecule has 0 radical (unpaired) electrons. The summed E-state index contributed by atoms with van der Waals surface area (Å²) in [4.78, 5) is 16.4. The third-order valence-electron chi connectivity index (χ3n) is 2.12. The SMILES string of the molecule is COC1=NC(C(C)(C)C)N(C(=O)O)C1. The minimum atomic E-state index is -0.958. The molecule has 1 heterocycles. The molecule has 0 bridgehead atoms. The van der Waals surface area contributed by atoms with Gasteiger partial charge in [-0.1, -0.05) is 20.8 Å². The van der Waals surface area contributed by atoms with Crippen molar-refractivity contribution >= 4 is 12.0 Å². The van der Waals surface area contributed by atoms with Gasteiger partial charge in [0.15, 0.2) is 0 Å². The third kappa shape index (κ3) is 1.97. The smallest absolute Gasteiger partial charge is 0.409 e. The van der Waals surface area contributed by atoms with Gasteiger partial charge >= 0.3 is 6.09 Å². The average molecular weight is 200 g/mol. The molecular formula is C9H16N2O3.